The Balaban J connectivity index is 4.58. The van der Waals surface area contributed by atoms with Gasteiger partial charge in [-0.1, -0.05) is 467 Å². The number of hydrogen-bond acceptors (Lipinski definition) is 14. The van der Waals surface area contributed by atoms with E-state index in [9.17, 15) is 43.5 Å². The van der Waals surface area contributed by atoms with E-state index in [1.54, 1.807) is 0 Å². The predicted octanol–water partition coefficient (Wildman–Crippen LogP) is 34.1. The molecule has 131 heavy (non-hydrogen) atoms. The van der Waals surface area contributed by atoms with Crippen LogP contribution >= 0.6 is 15.6 Å². The van der Waals surface area contributed by atoms with Crippen molar-refractivity contribution in [3.8, 4) is 0 Å². The zero-order valence-corrected chi connectivity index (χ0v) is 85.5. The molecule has 0 heterocycles. The molecule has 5 unspecified atom stereocenters. The molecule has 18 heteroatoms. The summed E-state index contributed by atoms with van der Waals surface area (Å²) < 4.78 is 61.8. The Morgan fingerprint density at radius 3 is 0.641 bits per heavy atom. The van der Waals surface area contributed by atoms with E-state index in [0.717, 1.165) is 154 Å². The van der Waals surface area contributed by atoms with Crippen LogP contribution in [0.4, 0.5) is 0 Å². The van der Waals surface area contributed by atoms with Crippen molar-refractivity contribution >= 4 is 33.6 Å². The van der Waals surface area contributed by atoms with Crippen molar-refractivity contribution in [3.05, 3.63) is 170 Å². The molecule has 754 valence electrons. The number of unbranched alkanes of at least 4 members (excludes halogenated alkanes) is 50. The summed E-state index contributed by atoms with van der Waals surface area (Å²) in [5.41, 5.74) is 0. The van der Waals surface area contributed by atoms with Crippen LogP contribution in [0.2, 0.25) is 0 Å². The number of phosphoric acid groups is 2. The molecule has 0 bridgehead atoms. The molecule has 0 aliphatic heterocycles. The summed E-state index contributed by atoms with van der Waals surface area (Å²) in [4.78, 5) is 59.3. The van der Waals surface area contributed by atoms with Gasteiger partial charge in [-0.15, -0.1) is 0 Å². The average Bonchev–Trinajstić information content (AvgIpc) is 0.891. The van der Waals surface area contributed by atoms with Gasteiger partial charge < -0.3 is 34.2 Å². The van der Waals surface area contributed by atoms with Crippen molar-refractivity contribution in [1.29, 1.82) is 0 Å². The fraction of sp³-hybridized carbons (Fsp3) is 0.726. The number of ether oxygens (including phenoxy) is 3. The van der Waals surface area contributed by atoms with Gasteiger partial charge in [0.2, 0.25) is 0 Å². The molecule has 0 aliphatic carbocycles. The second-order valence-electron chi connectivity index (χ2n) is 35.6. The van der Waals surface area contributed by atoms with E-state index in [1.165, 1.54) is 257 Å². The van der Waals surface area contributed by atoms with Gasteiger partial charge in [-0.25, -0.2) is 9.13 Å². The summed E-state index contributed by atoms with van der Waals surface area (Å²) in [5.74, 6) is -1.56. The standard InChI is InChI=1S/C113H196O16P2/c1-4-7-10-13-16-19-22-25-28-31-34-37-40-43-46-49-51-52-53-54-56-59-60-63-66-69-72-75-78-81-84-87-90-93-96-99-111(116)123-102-108(114)103-125-130(119,120)126-104-109(115)105-127-131(121,122)128-107-110(129-113(118)101-98-95-92-89-86-83-80-77-74-71-68-65-62-57-48-45-42-39-36-33-30-27-24-21-18-15-12-9-6-3)106-124-112(117)100-97-94-91-88-85-82-79-76-73-70-67-64-61-58-55-50-47-44-41-38-35-32-29-26-23-20-17-14-11-8-5-2/h8-9,11-12,16-21,25-30,34-39,43-48,108-110,114-115H,4-7,10,13-15,22-24,31-33,40-42,49-107H2,1-3H3,(H,119,120)(H,121,122)/b11-8-,12-9-,19-16-,20-17-,21-18-,28-25-,29-26-,30-27-,37-34-,38-35-,39-36-,46-43-,47-44-,48-45-. The first-order valence-corrected chi connectivity index (χ1v) is 56.4. The quantitative estimate of drug-likeness (QED) is 0.0146. The second-order valence-corrected chi connectivity index (χ2v) is 38.6. The van der Waals surface area contributed by atoms with E-state index < -0.39 is 91.5 Å². The van der Waals surface area contributed by atoms with Crippen LogP contribution in [-0.4, -0.2) is 95.9 Å². The zero-order chi connectivity index (χ0) is 95.0. The van der Waals surface area contributed by atoms with Crippen molar-refractivity contribution in [2.45, 2.75) is 489 Å². The molecule has 0 spiro atoms. The maximum atomic E-state index is 13.1. The van der Waals surface area contributed by atoms with Crippen LogP contribution in [0.3, 0.4) is 0 Å². The lowest BCUT2D eigenvalue weighted by molar-refractivity contribution is -0.161. The Labute approximate surface area is 803 Å². The number of carbonyl (C=O) groups excluding carboxylic acids is 3. The lowest BCUT2D eigenvalue weighted by Crippen LogP contribution is -2.30. The third-order valence-electron chi connectivity index (χ3n) is 22.9. The first-order chi connectivity index (χ1) is 64.2. The first kappa shape index (κ1) is 126. The monoisotopic (exact) mass is 1870 g/mol. The predicted molar refractivity (Wildman–Crippen MR) is 555 cm³/mol. The second kappa shape index (κ2) is 104. The maximum absolute atomic E-state index is 13.1. The highest BCUT2D eigenvalue weighted by Crippen LogP contribution is 2.45. The summed E-state index contributed by atoms with van der Waals surface area (Å²) in [7, 11) is -9.82. The minimum atomic E-state index is -4.95. The van der Waals surface area contributed by atoms with Crippen molar-refractivity contribution in [2.75, 3.05) is 39.6 Å². The van der Waals surface area contributed by atoms with Gasteiger partial charge in [0.15, 0.2) is 6.10 Å². The molecule has 0 fully saturated rings. The molecule has 4 N–H and O–H groups in total. The van der Waals surface area contributed by atoms with E-state index >= 15 is 0 Å². The summed E-state index contributed by atoms with van der Waals surface area (Å²) in [5, 5.41) is 20.8. The van der Waals surface area contributed by atoms with E-state index in [4.69, 9.17) is 32.3 Å². The van der Waals surface area contributed by atoms with Crippen molar-refractivity contribution < 1.29 is 75.8 Å². The van der Waals surface area contributed by atoms with E-state index in [0.29, 0.717) is 19.3 Å². The Hall–Kier alpha value is -5.09. The zero-order valence-electron chi connectivity index (χ0n) is 83.7. The van der Waals surface area contributed by atoms with Crippen molar-refractivity contribution in [2.24, 2.45) is 0 Å². The van der Waals surface area contributed by atoms with Crippen LogP contribution in [0.1, 0.15) is 470 Å². The molecule has 5 atom stereocenters. The topological polar surface area (TPSA) is 231 Å². The Morgan fingerprint density at radius 2 is 0.405 bits per heavy atom. The van der Waals surface area contributed by atoms with Gasteiger partial charge in [0.1, 0.15) is 25.4 Å². The number of rotatable bonds is 101. The molecule has 0 saturated heterocycles. The molecule has 0 aromatic heterocycles. The van der Waals surface area contributed by atoms with Gasteiger partial charge in [0.05, 0.1) is 26.4 Å². The highest BCUT2D eigenvalue weighted by Gasteiger charge is 2.30. The van der Waals surface area contributed by atoms with Gasteiger partial charge in [0.25, 0.3) is 0 Å². The summed E-state index contributed by atoms with van der Waals surface area (Å²) >= 11 is 0. The molecule has 0 aliphatic rings. The molecular weight excluding hydrogens is 1680 g/mol. The minimum Gasteiger partial charge on any atom is -0.463 e. The lowest BCUT2D eigenvalue weighted by atomic mass is 10.0. The largest absolute Gasteiger partial charge is 0.472 e. The van der Waals surface area contributed by atoms with Crippen LogP contribution < -0.4 is 0 Å². The normalized spacial score (nSPS) is 14.3. The van der Waals surface area contributed by atoms with Gasteiger partial charge in [-0.3, -0.25) is 32.5 Å². The van der Waals surface area contributed by atoms with Gasteiger partial charge >= 0.3 is 33.6 Å². The van der Waals surface area contributed by atoms with Gasteiger partial charge in [0, 0.05) is 19.3 Å². The first-order valence-electron chi connectivity index (χ1n) is 53.4. The lowest BCUT2D eigenvalue weighted by Gasteiger charge is -2.21. The smallest absolute Gasteiger partial charge is 0.463 e. The van der Waals surface area contributed by atoms with Crippen molar-refractivity contribution in [1.82, 2.24) is 0 Å². The molecule has 16 nitrogen and oxygen atoms in total. The number of phosphoric ester groups is 2. The molecule has 0 radical (unpaired) electrons. The van der Waals surface area contributed by atoms with Crippen LogP contribution in [0.5, 0.6) is 0 Å². The average molecular weight is 1870 g/mol. The number of allylic oxidation sites excluding steroid dienone is 28. The fourth-order valence-corrected chi connectivity index (χ4v) is 16.5. The van der Waals surface area contributed by atoms with Crippen molar-refractivity contribution in [3.63, 3.8) is 0 Å². The summed E-state index contributed by atoms with van der Waals surface area (Å²) in [6.07, 6.45) is 137. The van der Waals surface area contributed by atoms with E-state index in [-0.39, 0.29) is 19.3 Å². The molecule has 0 aromatic rings. The number of aliphatic hydroxyl groups is 2. The molecule has 0 aromatic carbocycles. The van der Waals surface area contributed by atoms with Crippen LogP contribution in [-0.2, 0) is 55.8 Å². The highest BCUT2D eigenvalue weighted by molar-refractivity contribution is 7.47. The Bertz CT molecular complexity index is 3060. The van der Waals surface area contributed by atoms with Crippen LogP contribution in [0.15, 0.2) is 170 Å². The minimum absolute atomic E-state index is 0.100. The molecular formula is C113H196O16P2. The molecule has 0 saturated carbocycles. The summed E-state index contributed by atoms with van der Waals surface area (Å²) in [6.45, 7) is 2.52. The van der Waals surface area contributed by atoms with E-state index in [2.05, 4.69) is 191 Å². The fourth-order valence-electron chi connectivity index (χ4n) is 14.9. The van der Waals surface area contributed by atoms with Gasteiger partial charge in [-0.2, -0.15) is 0 Å². The Morgan fingerprint density at radius 1 is 0.221 bits per heavy atom. The number of esters is 3. The van der Waals surface area contributed by atoms with E-state index in [1.807, 2.05) is 0 Å². The third kappa shape index (κ3) is 105. The third-order valence-corrected chi connectivity index (χ3v) is 24.8. The number of hydrogen-bond donors (Lipinski definition) is 4. The Kier molecular flexibility index (Phi) is 99.8. The molecule has 0 amide bonds. The van der Waals surface area contributed by atoms with Gasteiger partial charge in [-0.05, 0) is 154 Å². The number of carbonyl (C=O) groups is 3. The maximum Gasteiger partial charge on any atom is 0.472 e. The SMILES string of the molecule is CC/C=C\C/C=C\C/C=C\C/C=C\C/C=C\CCCCCCCCCCCCCCCCCC(=O)OCC(COP(=O)(O)OCC(O)COP(=O)(O)OCC(O)COC(=O)CCCCCCCCCCCCCCCCCCCCC/C=C\C/C=C\C/C=C\C/C=C\CCCCC)OC(=O)CCCCCCCCCCCCCCC/C=C\C/C=C\C/C=C\C/C=C\C/C=C\CC. The van der Waals surface area contributed by atoms with Crippen LogP contribution in [0, 0.1) is 0 Å². The number of aliphatic hydroxyl groups excluding tert-OH is 2. The highest BCUT2D eigenvalue weighted by atomic mass is 31.2. The summed E-state index contributed by atoms with van der Waals surface area (Å²) in [6, 6.07) is 0. The molecule has 0 rings (SSSR count). The van der Waals surface area contributed by atoms with Crippen LogP contribution in [0.25, 0.3) is 0 Å².